The van der Waals surface area contributed by atoms with Crippen LogP contribution in [0.15, 0.2) is 0 Å². The molecule has 0 aliphatic carbocycles. The van der Waals surface area contributed by atoms with Crippen molar-refractivity contribution in [2.45, 2.75) is 32.5 Å². The average molecular weight is 425 g/mol. The predicted octanol–water partition coefficient (Wildman–Crippen LogP) is 4.82. The maximum absolute atomic E-state index is 4.29. The van der Waals surface area contributed by atoms with Gasteiger partial charge in [0.2, 0.25) is 0 Å². The van der Waals surface area contributed by atoms with Gasteiger partial charge < -0.3 is 0 Å². The molecule has 0 bridgehead atoms. The van der Waals surface area contributed by atoms with Gasteiger partial charge in [-0.15, -0.1) is 0 Å². The van der Waals surface area contributed by atoms with Crippen molar-refractivity contribution in [2.75, 3.05) is 34.5 Å². The van der Waals surface area contributed by atoms with Gasteiger partial charge in [0.25, 0.3) is 0 Å². The van der Waals surface area contributed by atoms with Crippen LogP contribution in [0.4, 0.5) is 0 Å². The molecule has 120 valence electrons. The molecule has 1 rings (SSSR count). The van der Waals surface area contributed by atoms with Crippen molar-refractivity contribution >= 4 is 97.6 Å². The first-order valence-corrected chi connectivity index (χ1v) is 13.2. The molecule has 2 atom stereocenters. The van der Waals surface area contributed by atoms with E-state index >= 15 is 0 Å². The second kappa shape index (κ2) is 13.1. The Hall–Kier alpha value is 2.80. The Bertz CT molecular complexity index is 203. The number of hydrogen-bond acceptors (Lipinski definition) is 8. The van der Waals surface area contributed by atoms with Gasteiger partial charge in [-0.1, -0.05) is 0 Å². The summed E-state index contributed by atoms with van der Waals surface area (Å²) in [6.07, 6.45) is 2.19. The maximum atomic E-state index is 4.29. The van der Waals surface area contributed by atoms with Crippen LogP contribution in [0.3, 0.4) is 0 Å². The van der Waals surface area contributed by atoms with E-state index in [0.29, 0.717) is 0 Å². The van der Waals surface area contributed by atoms with Crippen molar-refractivity contribution < 1.29 is 0 Å². The van der Waals surface area contributed by atoms with Crippen LogP contribution in [0.5, 0.6) is 0 Å². The van der Waals surface area contributed by atoms with E-state index in [1.807, 2.05) is 0 Å². The van der Waals surface area contributed by atoms with E-state index in [1.54, 1.807) is 0 Å². The Labute approximate surface area is 163 Å². The van der Waals surface area contributed by atoms with Crippen LogP contribution in [0.25, 0.3) is 0 Å². The molecule has 1 saturated heterocycles. The largest absolute Gasteiger partial charge is 0.165 e. The summed E-state index contributed by atoms with van der Waals surface area (Å²) < 4.78 is 0.484. The Balaban J connectivity index is 1.97. The Morgan fingerprint density at radius 1 is 0.800 bits per heavy atom. The monoisotopic (exact) mass is 424 g/mol. The third-order valence-corrected chi connectivity index (χ3v) is 9.68. The van der Waals surface area contributed by atoms with Gasteiger partial charge in [0.1, 0.15) is 0 Å². The SMILES string of the molecule is SC(S)CCSCC1CSC(CSCCC(S)S)CS1. The molecule has 0 amide bonds. The van der Waals surface area contributed by atoms with E-state index in [9.17, 15) is 0 Å². The highest BCUT2D eigenvalue weighted by Crippen LogP contribution is 2.33. The van der Waals surface area contributed by atoms with E-state index in [4.69, 9.17) is 0 Å². The van der Waals surface area contributed by atoms with Crippen molar-refractivity contribution in [1.82, 2.24) is 0 Å². The minimum Gasteiger partial charge on any atom is -0.165 e. The van der Waals surface area contributed by atoms with Gasteiger partial charge in [-0.25, -0.2) is 0 Å². The lowest BCUT2D eigenvalue weighted by Crippen LogP contribution is -2.25. The standard InChI is InChI=1S/C12H24S8/c13-11(14)1-3-17-5-9-7-20-10(8-19-9)6-18-4-2-12(15)16/h9-16H,1-8H2. The second-order valence-electron chi connectivity index (χ2n) is 4.60. The van der Waals surface area contributed by atoms with Gasteiger partial charge in [0.15, 0.2) is 0 Å². The maximum Gasteiger partial charge on any atom is 0.0450 e. The Morgan fingerprint density at radius 3 is 1.50 bits per heavy atom. The molecule has 8 heteroatoms. The van der Waals surface area contributed by atoms with E-state index in [-0.39, 0.29) is 9.16 Å². The van der Waals surface area contributed by atoms with Crippen LogP contribution in [0.2, 0.25) is 0 Å². The molecule has 0 spiro atoms. The van der Waals surface area contributed by atoms with Crippen LogP contribution >= 0.6 is 97.6 Å². The third-order valence-electron chi connectivity index (χ3n) is 2.68. The van der Waals surface area contributed by atoms with Gasteiger partial charge in [-0.2, -0.15) is 97.6 Å². The zero-order valence-corrected chi connectivity index (χ0v) is 18.2. The highest BCUT2D eigenvalue weighted by Gasteiger charge is 2.22. The van der Waals surface area contributed by atoms with Crippen molar-refractivity contribution in [1.29, 1.82) is 0 Å². The molecule has 0 aromatic rings. The molecule has 0 N–H and O–H groups in total. The first kappa shape index (κ1) is 20.8. The molecular formula is C12H24S8. The van der Waals surface area contributed by atoms with Crippen LogP contribution in [0, 0.1) is 0 Å². The normalized spacial score (nSPS) is 23.7. The van der Waals surface area contributed by atoms with Gasteiger partial charge in [-0.3, -0.25) is 0 Å². The summed E-state index contributed by atoms with van der Waals surface area (Å²) in [6.45, 7) is 0. The van der Waals surface area contributed by atoms with Crippen molar-refractivity contribution in [2.24, 2.45) is 0 Å². The lowest BCUT2D eigenvalue weighted by Gasteiger charge is -2.27. The quantitative estimate of drug-likeness (QED) is 0.225. The summed E-state index contributed by atoms with van der Waals surface area (Å²) >= 11 is 25.6. The molecule has 1 fully saturated rings. The minimum absolute atomic E-state index is 0.242. The number of thiol groups is 4. The van der Waals surface area contributed by atoms with Gasteiger partial charge in [0.05, 0.1) is 0 Å². The summed E-state index contributed by atoms with van der Waals surface area (Å²) in [6, 6.07) is 0. The van der Waals surface area contributed by atoms with E-state index in [1.165, 1.54) is 34.5 Å². The van der Waals surface area contributed by atoms with Crippen molar-refractivity contribution in [3.63, 3.8) is 0 Å². The zero-order valence-electron chi connectivity index (χ0n) is 11.4. The molecule has 0 nitrogen and oxygen atoms in total. The zero-order chi connectivity index (χ0) is 14.8. The fraction of sp³-hybridized carbons (Fsp3) is 1.00. The molecule has 20 heavy (non-hydrogen) atoms. The highest BCUT2D eigenvalue weighted by molar-refractivity contribution is 8.09. The van der Waals surface area contributed by atoms with Crippen LogP contribution < -0.4 is 0 Å². The first-order valence-electron chi connectivity index (χ1n) is 6.69. The Kier molecular flexibility index (Phi) is 13.7. The number of rotatable bonds is 10. The van der Waals surface area contributed by atoms with Gasteiger partial charge >= 0.3 is 0 Å². The first-order chi connectivity index (χ1) is 9.58. The molecule has 2 unspecified atom stereocenters. The van der Waals surface area contributed by atoms with E-state index < -0.39 is 0 Å². The smallest absolute Gasteiger partial charge is 0.0450 e. The second-order valence-corrected chi connectivity index (χ2v) is 12.9. The number of hydrogen-bond donors (Lipinski definition) is 4. The topological polar surface area (TPSA) is 0 Å². The van der Waals surface area contributed by atoms with Crippen LogP contribution in [-0.2, 0) is 0 Å². The van der Waals surface area contributed by atoms with Crippen molar-refractivity contribution in [3.8, 4) is 0 Å². The predicted molar refractivity (Wildman–Crippen MR) is 120 cm³/mol. The van der Waals surface area contributed by atoms with Crippen molar-refractivity contribution in [3.05, 3.63) is 0 Å². The minimum atomic E-state index is 0.242. The molecule has 0 aromatic heterocycles. The molecule has 0 saturated carbocycles. The summed E-state index contributed by atoms with van der Waals surface area (Å²) in [5.41, 5.74) is 0. The highest BCUT2D eigenvalue weighted by atomic mass is 32.2. The lowest BCUT2D eigenvalue weighted by atomic mass is 10.5. The number of thioether (sulfide) groups is 4. The fourth-order valence-electron chi connectivity index (χ4n) is 1.58. The van der Waals surface area contributed by atoms with E-state index in [2.05, 4.69) is 97.6 Å². The summed E-state index contributed by atoms with van der Waals surface area (Å²) in [5.74, 6) is 7.58. The Morgan fingerprint density at radius 2 is 1.20 bits per heavy atom. The summed E-state index contributed by atoms with van der Waals surface area (Å²) in [7, 11) is 0. The molecule has 0 radical (unpaired) electrons. The molecule has 0 aromatic carbocycles. The molecule has 1 heterocycles. The molecule has 1 aliphatic heterocycles. The fourth-order valence-corrected chi connectivity index (χ4v) is 8.79. The van der Waals surface area contributed by atoms with Gasteiger partial charge in [0, 0.05) is 42.7 Å². The van der Waals surface area contributed by atoms with Crippen LogP contribution in [0.1, 0.15) is 12.8 Å². The van der Waals surface area contributed by atoms with Crippen LogP contribution in [-0.4, -0.2) is 54.2 Å². The molecule has 1 aliphatic rings. The summed E-state index contributed by atoms with van der Waals surface area (Å²) in [5, 5.41) is 1.67. The average Bonchev–Trinajstić information content (AvgIpc) is 2.41. The van der Waals surface area contributed by atoms with E-state index in [0.717, 1.165) is 23.3 Å². The third kappa shape index (κ3) is 11.4. The van der Waals surface area contributed by atoms with Gasteiger partial charge in [-0.05, 0) is 24.3 Å². The lowest BCUT2D eigenvalue weighted by molar-refractivity contribution is 1.04. The summed E-state index contributed by atoms with van der Waals surface area (Å²) in [4.78, 5) is 0. The molecular weight excluding hydrogens is 401 g/mol.